The lowest BCUT2D eigenvalue weighted by Gasteiger charge is -2.12. The Labute approximate surface area is 111 Å². The van der Waals surface area contributed by atoms with Crippen LogP contribution in [0.3, 0.4) is 0 Å². The Kier molecular flexibility index (Phi) is 4.16. The summed E-state index contributed by atoms with van der Waals surface area (Å²) in [5.74, 6) is -0.108. The standard InChI is InChI=1S/C12H16ClN3O2/c1-7-3-9(11(13)15-5-7)16-12(17)10-4-8(18-2)6-14-10/h3,5,8,10,14H,4,6H2,1-2H3,(H,16,17). The largest absolute Gasteiger partial charge is 0.380 e. The number of ether oxygens (including phenoxy) is 1. The van der Waals surface area contributed by atoms with Gasteiger partial charge in [-0.05, 0) is 25.0 Å². The Hall–Kier alpha value is -1.17. The summed E-state index contributed by atoms with van der Waals surface area (Å²) in [4.78, 5) is 16.0. The van der Waals surface area contributed by atoms with Crippen molar-refractivity contribution in [1.82, 2.24) is 10.3 Å². The van der Waals surface area contributed by atoms with Gasteiger partial charge in [0.1, 0.15) is 0 Å². The van der Waals surface area contributed by atoms with E-state index in [0.717, 1.165) is 5.56 Å². The van der Waals surface area contributed by atoms with Crippen LogP contribution in [-0.4, -0.2) is 36.7 Å². The van der Waals surface area contributed by atoms with E-state index in [4.69, 9.17) is 16.3 Å². The molecule has 2 atom stereocenters. The van der Waals surface area contributed by atoms with E-state index < -0.39 is 0 Å². The summed E-state index contributed by atoms with van der Waals surface area (Å²) in [6.45, 7) is 2.59. The van der Waals surface area contributed by atoms with Crippen LogP contribution in [0, 0.1) is 6.92 Å². The summed E-state index contributed by atoms with van der Waals surface area (Å²) in [6.07, 6.45) is 2.42. The molecule has 0 aliphatic carbocycles. The lowest BCUT2D eigenvalue weighted by molar-refractivity contribution is -0.118. The van der Waals surface area contributed by atoms with Crippen LogP contribution in [0.2, 0.25) is 5.15 Å². The van der Waals surface area contributed by atoms with Crippen LogP contribution in [0.4, 0.5) is 5.69 Å². The van der Waals surface area contributed by atoms with Crippen LogP contribution in [0.5, 0.6) is 0 Å². The van der Waals surface area contributed by atoms with Crippen molar-refractivity contribution in [3.63, 3.8) is 0 Å². The highest BCUT2D eigenvalue weighted by atomic mass is 35.5. The van der Waals surface area contributed by atoms with Gasteiger partial charge in [0, 0.05) is 19.9 Å². The molecular weight excluding hydrogens is 254 g/mol. The van der Waals surface area contributed by atoms with Crippen LogP contribution in [0.1, 0.15) is 12.0 Å². The van der Waals surface area contributed by atoms with Crippen molar-refractivity contribution >= 4 is 23.2 Å². The lowest BCUT2D eigenvalue weighted by atomic mass is 10.2. The molecule has 6 heteroatoms. The van der Waals surface area contributed by atoms with Gasteiger partial charge in [-0.25, -0.2) is 4.98 Å². The highest BCUT2D eigenvalue weighted by molar-refractivity contribution is 6.32. The molecule has 1 fully saturated rings. The van der Waals surface area contributed by atoms with Gasteiger partial charge in [0.25, 0.3) is 0 Å². The van der Waals surface area contributed by atoms with E-state index >= 15 is 0 Å². The van der Waals surface area contributed by atoms with Crippen LogP contribution in [0.25, 0.3) is 0 Å². The fraction of sp³-hybridized carbons (Fsp3) is 0.500. The van der Waals surface area contributed by atoms with Gasteiger partial charge in [-0.1, -0.05) is 11.6 Å². The van der Waals surface area contributed by atoms with Crippen molar-refractivity contribution in [2.24, 2.45) is 0 Å². The van der Waals surface area contributed by atoms with Crippen LogP contribution in [0.15, 0.2) is 12.3 Å². The quantitative estimate of drug-likeness (QED) is 0.814. The Balaban J connectivity index is 2.01. The summed E-state index contributed by atoms with van der Waals surface area (Å²) in [5, 5.41) is 6.20. The molecule has 0 spiro atoms. The summed E-state index contributed by atoms with van der Waals surface area (Å²) in [6, 6.07) is 1.56. The molecule has 0 radical (unpaired) electrons. The number of carbonyl (C=O) groups excluding carboxylic acids is 1. The maximum Gasteiger partial charge on any atom is 0.241 e. The molecule has 98 valence electrons. The average molecular weight is 270 g/mol. The molecule has 1 amide bonds. The molecule has 2 unspecified atom stereocenters. The van der Waals surface area contributed by atoms with Crippen molar-refractivity contribution in [3.8, 4) is 0 Å². The first-order valence-corrected chi connectivity index (χ1v) is 6.17. The van der Waals surface area contributed by atoms with Gasteiger partial charge in [0.15, 0.2) is 5.15 Å². The number of anilines is 1. The van der Waals surface area contributed by atoms with E-state index in [0.29, 0.717) is 23.8 Å². The molecule has 1 aliphatic rings. The van der Waals surface area contributed by atoms with E-state index in [9.17, 15) is 4.79 Å². The highest BCUT2D eigenvalue weighted by Crippen LogP contribution is 2.21. The third kappa shape index (κ3) is 2.98. The number of halogens is 1. The highest BCUT2D eigenvalue weighted by Gasteiger charge is 2.29. The predicted molar refractivity (Wildman–Crippen MR) is 69.8 cm³/mol. The maximum atomic E-state index is 12.0. The fourth-order valence-corrected chi connectivity index (χ4v) is 2.09. The zero-order valence-electron chi connectivity index (χ0n) is 10.4. The molecular formula is C12H16ClN3O2. The first kappa shape index (κ1) is 13.3. The minimum absolute atomic E-state index is 0.0897. The molecule has 0 saturated carbocycles. The topological polar surface area (TPSA) is 63.2 Å². The van der Waals surface area contributed by atoms with E-state index in [1.165, 1.54) is 0 Å². The number of hydrogen-bond donors (Lipinski definition) is 2. The van der Waals surface area contributed by atoms with Crippen molar-refractivity contribution in [1.29, 1.82) is 0 Å². The van der Waals surface area contributed by atoms with Crippen LogP contribution >= 0.6 is 11.6 Å². The number of pyridine rings is 1. The molecule has 0 bridgehead atoms. The summed E-state index contributed by atoms with van der Waals surface area (Å²) in [5.41, 5.74) is 1.49. The Morgan fingerprint density at radius 3 is 3.11 bits per heavy atom. The van der Waals surface area contributed by atoms with Crippen molar-refractivity contribution in [2.75, 3.05) is 19.0 Å². The number of nitrogens with zero attached hydrogens (tertiary/aromatic N) is 1. The van der Waals surface area contributed by atoms with Gasteiger partial charge in [0.2, 0.25) is 5.91 Å². The van der Waals surface area contributed by atoms with Crippen LogP contribution < -0.4 is 10.6 Å². The third-order valence-electron chi connectivity index (χ3n) is 2.97. The second-order valence-corrected chi connectivity index (χ2v) is 4.75. The SMILES string of the molecule is COC1CNC(C(=O)Nc2cc(C)cnc2Cl)C1. The normalized spacial score (nSPS) is 23.1. The predicted octanol–water partition coefficient (Wildman–Crippen LogP) is 1.36. The first-order valence-electron chi connectivity index (χ1n) is 5.79. The number of hydrogen-bond acceptors (Lipinski definition) is 4. The first-order chi connectivity index (χ1) is 8.60. The zero-order chi connectivity index (χ0) is 13.1. The molecule has 2 heterocycles. The monoisotopic (exact) mass is 269 g/mol. The zero-order valence-corrected chi connectivity index (χ0v) is 11.1. The Morgan fingerprint density at radius 2 is 2.44 bits per heavy atom. The fourth-order valence-electron chi connectivity index (χ4n) is 1.94. The summed E-state index contributed by atoms with van der Waals surface area (Å²) in [7, 11) is 1.65. The van der Waals surface area contributed by atoms with E-state index in [2.05, 4.69) is 15.6 Å². The minimum Gasteiger partial charge on any atom is -0.380 e. The number of methoxy groups -OCH3 is 1. The molecule has 5 nitrogen and oxygen atoms in total. The maximum absolute atomic E-state index is 12.0. The molecule has 1 aromatic heterocycles. The van der Waals surface area contributed by atoms with Crippen molar-refractivity contribution in [2.45, 2.75) is 25.5 Å². The molecule has 0 aromatic carbocycles. The molecule has 18 heavy (non-hydrogen) atoms. The molecule has 2 N–H and O–H groups in total. The van der Waals surface area contributed by atoms with E-state index in [1.807, 2.05) is 6.92 Å². The molecule has 1 aromatic rings. The van der Waals surface area contributed by atoms with E-state index in [1.54, 1.807) is 19.4 Å². The number of rotatable bonds is 3. The minimum atomic E-state index is -0.244. The lowest BCUT2D eigenvalue weighted by Crippen LogP contribution is -2.35. The second kappa shape index (κ2) is 5.65. The Bertz CT molecular complexity index is 453. The van der Waals surface area contributed by atoms with Gasteiger partial charge in [-0.3, -0.25) is 4.79 Å². The number of nitrogens with one attached hydrogen (secondary N) is 2. The second-order valence-electron chi connectivity index (χ2n) is 4.39. The summed E-state index contributed by atoms with van der Waals surface area (Å²) >= 11 is 5.93. The van der Waals surface area contributed by atoms with Gasteiger partial charge in [-0.2, -0.15) is 0 Å². The molecule has 1 saturated heterocycles. The number of amides is 1. The number of aryl methyl sites for hydroxylation is 1. The smallest absolute Gasteiger partial charge is 0.241 e. The van der Waals surface area contributed by atoms with Crippen molar-refractivity contribution in [3.05, 3.63) is 23.0 Å². The van der Waals surface area contributed by atoms with Crippen LogP contribution in [-0.2, 0) is 9.53 Å². The van der Waals surface area contributed by atoms with Gasteiger partial charge in [0.05, 0.1) is 17.8 Å². The van der Waals surface area contributed by atoms with Gasteiger partial charge >= 0.3 is 0 Å². The van der Waals surface area contributed by atoms with Gasteiger partial charge < -0.3 is 15.4 Å². The molecule has 2 rings (SSSR count). The Morgan fingerprint density at radius 1 is 1.67 bits per heavy atom. The average Bonchev–Trinajstić information content (AvgIpc) is 2.82. The van der Waals surface area contributed by atoms with E-state index in [-0.39, 0.29) is 18.1 Å². The third-order valence-corrected chi connectivity index (χ3v) is 3.28. The summed E-state index contributed by atoms with van der Waals surface area (Å²) < 4.78 is 5.20. The van der Waals surface area contributed by atoms with Crippen molar-refractivity contribution < 1.29 is 9.53 Å². The van der Waals surface area contributed by atoms with Gasteiger partial charge in [-0.15, -0.1) is 0 Å². The number of aromatic nitrogens is 1. The molecule has 1 aliphatic heterocycles. The number of carbonyl (C=O) groups is 1.